The fourth-order valence-corrected chi connectivity index (χ4v) is 2.31. The van der Waals surface area contributed by atoms with Crippen molar-refractivity contribution in [2.45, 2.75) is 50.1 Å². The normalized spacial score (nSPS) is 23.0. The number of amides is 1. The molecule has 0 spiro atoms. The predicted molar refractivity (Wildman–Crippen MR) is 64.7 cm³/mol. The molecule has 0 aromatic rings. The van der Waals surface area contributed by atoms with E-state index in [0.717, 1.165) is 19.1 Å². The van der Waals surface area contributed by atoms with Crippen molar-refractivity contribution in [3.05, 3.63) is 0 Å². The van der Waals surface area contributed by atoms with Crippen LogP contribution in [-0.4, -0.2) is 40.3 Å². The van der Waals surface area contributed by atoms with E-state index in [2.05, 4.69) is 15.9 Å². The number of ether oxygens (including phenoxy) is 1. The number of hydrogen-bond acceptors (Lipinski definition) is 3. The number of carbonyl (C=O) groups is 2. The van der Waals surface area contributed by atoms with Crippen molar-refractivity contribution < 1.29 is 14.3 Å². The first-order chi connectivity index (χ1) is 7.35. The van der Waals surface area contributed by atoms with Gasteiger partial charge in [0.05, 0.1) is 10.9 Å². The zero-order chi connectivity index (χ0) is 12.3. The summed E-state index contributed by atoms with van der Waals surface area (Å²) in [5.74, 6) is 0. The van der Waals surface area contributed by atoms with Gasteiger partial charge in [0.2, 0.25) is 0 Å². The van der Waals surface area contributed by atoms with E-state index in [0.29, 0.717) is 6.54 Å². The van der Waals surface area contributed by atoms with E-state index in [1.54, 1.807) is 4.90 Å². The second-order valence-corrected chi connectivity index (χ2v) is 6.02. The largest absolute Gasteiger partial charge is 0.444 e. The first kappa shape index (κ1) is 13.5. The third-order valence-electron chi connectivity index (χ3n) is 2.42. The van der Waals surface area contributed by atoms with Crippen LogP contribution in [0, 0.1) is 0 Å². The fraction of sp³-hybridized carbons (Fsp3) is 0.818. The Kier molecular flexibility index (Phi) is 4.35. The molecular formula is C11H18BrNO3. The van der Waals surface area contributed by atoms with E-state index in [-0.39, 0.29) is 17.0 Å². The highest BCUT2D eigenvalue weighted by molar-refractivity contribution is 9.10. The Morgan fingerprint density at radius 2 is 2.19 bits per heavy atom. The van der Waals surface area contributed by atoms with Gasteiger partial charge < -0.3 is 14.4 Å². The summed E-state index contributed by atoms with van der Waals surface area (Å²) in [6.45, 7) is 6.17. The third kappa shape index (κ3) is 3.47. The second kappa shape index (κ2) is 5.17. The summed E-state index contributed by atoms with van der Waals surface area (Å²) in [5, 5.41) is 0. The van der Waals surface area contributed by atoms with Gasteiger partial charge in [-0.05, 0) is 33.6 Å². The number of hydrogen-bond donors (Lipinski definition) is 0. The lowest BCUT2D eigenvalue weighted by Crippen LogP contribution is -2.43. The van der Waals surface area contributed by atoms with Gasteiger partial charge in [-0.2, -0.15) is 0 Å². The molecule has 0 N–H and O–H groups in total. The Morgan fingerprint density at radius 1 is 1.56 bits per heavy atom. The van der Waals surface area contributed by atoms with Crippen LogP contribution in [0.15, 0.2) is 0 Å². The minimum atomic E-state index is -0.493. The molecule has 1 aliphatic heterocycles. The zero-order valence-corrected chi connectivity index (χ0v) is 11.5. The lowest BCUT2D eigenvalue weighted by Gasteiger charge is -2.29. The van der Waals surface area contributed by atoms with Crippen LogP contribution >= 0.6 is 15.9 Å². The van der Waals surface area contributed by atoms with Gasteiger partial charge in [-0.1, -0.05) is 15.9 Å². The summed E-state index contributed by atoms with van der Waals surface area (Å²) >= 11 is 3.27. The molecular weight excluding hydrogens is 274 g/mol. The summed E-state index contributed by atoms with van der Waals surface area (Å²) < 4.78 is 5.30. The number of likely N-dealkylation sites (tertiary alicyclic amines) is 1. The van der Waals surface area contributed by atoms with Crippen molar-refractivity contribution in [2.24, 2.45) is 0 Å². The molecule has 16 heavy (non-hydrogen) atoms. The topological polar surface area (TPSA) is 46.6 Å². The molecule has 2 unspecified atom stereocenters. The Morgan fingerprint density at radius 3 is 2.69 bits per heavy atom. The van der Waals surface area contributed by atoms with Crippen molar-refractivity contribution >= 4 is 28.3 Å². The number of nitrogens with zero attached hydrogens (tertiary/aromatic N) is 1. The number of halogens is 1. The summed E-state index contributed by atoms with van der Waals surface area (Å²) in [4.78, 5) is 23.9. The maximum atomic E-state index is 11.9. The van der Waals surface area contributed by atoms with Gasteiger partial charge >= 0.3 is 6.09 Å². The Labute approximate surface area is 104 Å². The monoisotopic (exact) mass is 291 g/mol. The molecule has 1 saturated heterocycles. The molecule has 5 heteroatoms. The molecule has 1 heterocycles. The molecule has 92 valence electrons. The standard InChI is InChI=1S/C11H18BrNO3/c1-11(2,3)16-10(15)13-6-4-5-9(13)8(12)7-14/h7-9H,4-6H2,1-3H3. The maximum Gasteiger partial charge on any atom is 0.410 e. The highest BCUT2D eigenvalue weighted by Crippen LogP contribution is 2.25. The molecule has 0 aromatic carbocycles. The van der Waals surface area contributed by atoms with Crippen LogP contribution in [0.4, 0.5) is 4.79 Å². The van der Waals surface area contributed by atoms with Gasteiger partial charge in [-0.15, -0.1) is 0 Å². The highest BCUT2D eigenvalue weighted by Gasteiger charge is 2.35. The molecule has 1 fully saturated rings. The number of rotatable bonds is 2. The van der Waals surface area contributed by atoms with Crippen molar-refractivity contribution in [3.8, 4) is 0 Å². The van der Waals surface area contributed by atoms with Gasteiger partial charge in [0.15, 0.2) is 0 Å². The predicted octanol–water partition coefficient (Wildman–Crippen LogP) is 2.35. The van der Waals surface area contributed by atoms with Crippen LogP contribution in [0.25, 0.3) is 0 Å². The lowest BCUT2D eigenvalue weighted by molar-refractivity contribution is -0.108. The van der Waals surface area contributed by atoms with Crippen LogP contribution in [0.3, 0.4) is 0 Å². The Balaban J connectivity index is 2.64. The van der Waals surface area contributed by atoms with Gasteiger partial charge in [-0.25, -0.2) is 4.79 Å². The van der Waals surface area contributed by atoms with Gasteiger partial charge in [0, 0.05) is 6.54 Å². The SMILES string of the molecule is CC(C)(C)OC(=O)N1CCCC1C(Br)C=O. The van der Waals surface area contributed by atoms with E-state index in [4.69, 9.17) is 4.74 Å². The van der Waals surface area contributed by atoms with Gasteiger partial charge in [-0.3, -0.25) is 0 Å². The van der Waals surface area contributed by atoms with E-state index in [1.165, 1.54) is 0 Å². The van der Waals surface area contributed by atoms with Crippen molar-refractivity contribution in [1.82, 2.24) is 4.90 Å². The molecule has 0 saturated carbocycles. The molecule has 4 nitrogen and oxygen atoms in total. The lowest BCUT2D eigenvalue weighted by atomic mass is 10.1. The van der Waals surface area contributed by atoms with E-state index < -0.39 is 5.60 Å². The molecule has 0 bridgehead atoms. The van der Waals surface area contributed by atoms with E-state index in [9.17, 15) is 9.59 Å². The van der Waals surface area contributed by atoms with Crippen molar-refractivity contribution in [1.29, 1.82) is 0 Å². The first-order valence-electron chi connectivity index (χ1n) is 5.44. The zero-order valence-electron chi connectivity index (χ0n) is 9.90. The summed E-state index contributed by atoms with van der Waals surface area (Å²) in [6, 6.07) is -0.0765. The first-order valence-corrected chi connectivity index (χ1v) is 6.35. The van der Waals surface area contributed by atoms with Gasteiger partial charge in [0.1, 0.15) is 11.9 Å². The molecule has 1 amide bonds. The Bertz CT molecular complexity index is 275. The molecule has 1 rings (SSSR count). The number of alkyl halides is 1. The van der Waals surface area contributed by atoms with Crippen LogP contribution in [0.5, 0.6) is 0 Å². The van der Waals surface area contributed by atoms with Crippen LogP contribution in [0.2, 0.25) is 0 Å². The summed E-state index contributed by atoms with van der Waals surface area (Å²) in [6.07, 6.45) is 2.25. The minimum Gasteiger partial charge on any atom is -0.444 e. The summed E-state index contributed by atoms with van der Waals surface area (Å²) in [7, 11) is 0. The average molecular weight is 292 g/mol. The van der Waals surface area contributed by atoms with Gasteiger partial charge in [0.25, 0.3) is 0 Å². The number of carbonyl (C=O) groups excluding carboxylic acids is 2. The van der Waals surface area contributed by atoms with Crippen molar-refractivity contribution in [3.63, 3.8) is 0 Å². The quantitative estimate of drug-likeness (QED) is 0.580. The molecule has 2 atom stereocenters. The molecule has 0 aliphatic carbocycles. The summed E-state index contributed by atoms with van der Waals surface area (Å²) in [5.41, 5.74) is -0.493. The van der Waals surface area contributed by atoms with E-state index >= 15 is 0 Å². The minimum absolute atomic E-state index is 0.0765. The smallest absolute Gasteiger partial charge is 0.410 e. The Hall–Kier alpha value is -0.580. The third-order valence-corrected chi connectivity index (χ3v) is 3.25. The van der Waals surface area contributed by atoms with Crippen LogP contribution < -0.4 is 0 Å². The second-order valence-electron chi connectivity index (χ2n) is 4.96. The van der Waals surface area contributed by atoms with Crippen LogP contribution in [0.1, 0.15) is 33.6 Å². The average Bonchev–Trinajstić information content (AvgIpc) is 2.62. The fourth-order valence-electron chi connectivity index (χ4n) is 1.76. The highest BCUT2D eigenvalue weighted by atomic mass is 79.9. The van der Waals surface area contributed by atoms with E-state index in [1.807, 2.05) is 20.8 Å². The molecule has 1 aliphatic rings. The molecule has 0 radical (unpaired) electrons. The molecule has 0 aromatic heterocycles. The van der Waals surface area contributed by atoms with Crippen LogP contribution in [-0.2, 0) is 9.53 Å². The maximum absolute atomic E-state index is 11.9. The number of aldehydes is 1. The van der Waals surface area contributed by atoms with Crippen molar-refractivity contribution in [2.75, 3.05) is 6.54 Å².